The summed E-state index contributed by atoms with van der Waals surface area (Å²) >= 11 is 0. The maximum Gasteiger partial charge on any atom is 0.337 e. The van der Waals surface area contributed by atoms with Gasteiger partial charge in [-0.1, -0.05) is 24.8 Å². The molecule has 0 bridgehead atoms. The predicted octanol–water partition coefficient (Wildman–Crippen LogP) is 3.05. The van der Waals surface area contributed by atoms with Crippen LogP contribution < -0.4 is 10.6 Å². The molecule has 158 valence electrons. The van der Waals surface area contributed by atoms with Crippen LogP contribution in [0.1, 0.15) is 46.9 Å². The normalized spacial score (nSPS) is 16.9. The van der Waals surface area contributed by atoms with Gasteiger partial charge in [-0.3, -0.25) is 4.79 Å². The van der Waals surface area contributed by atoms with Crippen LogP contribution in [0.5, 0.6) is 0 Å². The van der Waals surface area contributed by atoms with Crippen LogP contribution in [0.2, 0.25) is 0 Å². The number of hydrogen-bond donors (Lipinski definition) is 0. The molecule has 0 spiro atoms. The molecule has 0 atom stereocenters. The number of imidazole rings is 1. The van der Waals surface area contributed by atoms with E-state index >= 15 is 0 Å². The summed E-state index contributed by atoms with van der Waals surface area (Å²) in [5, 5.41) is 2.26. The van der Waals surface area contributed by atoms with Crippen LogP contribution in [-0.4, -0.2) is 33.0 Å². The second-order valence-corrected chi connectivity index (χ2v) is 8.26. The summed E-state index contributed by atoms with van der Waals surface area (Å²) in [7, 11) is 1.34. The van der Waals surface area contributed by atoms with E-state index < -0.39 is 5.97 Å². The predicted molar refractivity (Wildman–Crippen MR) is 120 cm³/mol. The molecule has 0 N–H and O–H groups in total. The minimum atomic E-state index is -0.463. The number of aryl methyl sites for hydroxylation is 1. The summed E-state index contributed by atoms with van der Waals surface area (Å²) < 4.78 is 9.35. The number of benzene rings is 1. The number of carbonyl (C=O) groups excluding carboxylic acids is 2. The molecule has 6 nitrogen and oxygen atoms in total. The number of allylic oxidation sites excluding steroid dienone is 1. The molecular formula is C25H25N3O3. The van der Waals surface area contributed by atoms with Crippen LogP contribution in [0.25, 0.3) is 34.7 Å². The third kappa shape index (κ3) is 3.14. The van der Waals surface area contributed by atoms with E-state index in [1.165, 1.54) is 20.0 Å². The zero-order valence-corrected chi connectivity index (χ0v) is 17.9. The van der Waals surface area contributed by atoms with Gasteiger partial charge in [-0.05, 0) is 49.1 Å². The number of carbonyl (C=O) groups is 2. The summed E-state index contributed by atoms with van der Waals surface area (Å²) in [6, 6.07) is 5.52. The van der Waals surface area contributed by atoms with E-state index in [9.17, 15) is 9.59 Å². The molecule has 3 aromatic rings. The van der Waals surface area contributed by atoms with Crippen molar-refractivity contribution in [3.63, 3.8) is 0 Å². The highest BCUT2D eigenvalue weighted by atomic mass is 16.5. The maximum absolute atomic E-state index is 12.7. The van der Waals surface area contributed by atoms with Gasteiger partial charge in [0.15, 0.2) is 11.6 Å². The van der Waals surface area contributed by atoms with E-state index in [1.54, 1.807) is 18.2 Å². The Labute approximate surface area is 180 Å². The molecule has 0 unspecified atom stereocenters. The van der Waals surface area contributed by atoms with Crippen molar-refractivity contribution in [2.24, 2.45) is 5.92 Å². The highest BCUT2D eigenvalue weighted by Gasteiger charge is 2.29. The first kappa shape index (κ1) is 19.5. The van der Waals surface area contributed by atoms with Gasteiger partial charge in [0.1, 0.15) is 0 Å². The van der Waals surface area contributed by atoms with E-state index in [4.69, 9.17) is 9.72 Å². The van der Waals surface area contributed by atoms with Crippen molar-refractivity contribution in [3.8, 4) is 11.5 Å². The van der Waals surface area contributed by atoms with Crippen molar-refractivity contribution < 1.29 is 14.3 Å². The number of ketones is 1. The number of esters is 1. The van der Waals surface area contributed by atoms with Crippen molar-refractivity contribution in [1.82, 2.24) is 14.1 Å². The molecule has 0 radical (unpaired) electrons. The molecule has 31 heavy (non-hydrogen) atoms. The van der Waals surface area contributed by atoms with Crippen LogP contribution >= 0.6 is 0 Å². The van der Waals surface area contributed by atoms with Gasteiger partial charge in [-0.2, -0.15) is 0 Å². The first-order valence-electron chi connectivity index (χ1n) is 10.7. The average molecular weight is 415 g/mol. The lowest BCUT2D eigenvalue weighted by Gasteiger charge is -2.17. The monoisotopic (exact) mass is 415 g/mol. The van der Waals surface area contributed by atoms with Crippen LogP contribution in [0.3, 0.4) is 0 Å². The van der Waals surface area contributed by atoms with Crippen molar-refractivity contribution in [2.75, 3.05) is 7.11 Å². The third-order valence-corrected chi connectivity index (χ3v) is 6.23. The number of methoxy groups -OCH3 is 1. The molecule has 1 aromatic carbocycles. The third-order valence-electron chi connectivity index (χ3n) is 6.23. The maximum atomic E-state index is 12.7. The molecule has 1 aliphatic heterocycles. The topological polar surface area (TPSA) is 66.1 Å². The largest absolute Gasteiger partial charge is 0.465 e. The quantitative estimate of drug-likeness (QED) is 0.601. The number of rotatable bonds is 5. The smallest absolute Gasteiger partial charge is 0.337 e. The first-order valence-corrected chi connectivity index (χ1v) is 10.7. The van der Waals surface area contributed by atoms with Gasteiger partial charge in [0.05, 0.1) is 29.4 Å². The van der Waals surface area contributed by atoms with Gasteiger partial charge < -0.3 is 13.9 Å². The van der Waals surface area contributed by atoms with E-state index in [1.807, 2.05) is 6.08 Å². The molecule has 1 aliphatic carbocycles. The SMILES string of the molecule is C=C/C=c1/cc(-c2nc3cc(C(=O)OC)cc4c3n2CCC4=O)n(CC2CC2)/c1=C/C. The lowest BCUT2D eigenvalue weighted by atomic mass is 10.00. The summed E-state index contributed by atoms with van der Waals surface area (Å²) in [5.41, 5.74) is 3.38. The Morgan fingerprint density at radius 1 is 1.32 bits per heavy atom. The van der Waals surface area contributed by atoms with Gasteiger partial charge in [0, 0.05) is 30.4 Å². The fraction of sp³-hybridized carbons (Fsp3) is 0.320. The molecule has 1 saturated carbocycles. The minimum absolute atomic E-state index is 0.0336. The van der Waals surface area contributed by atoms with Crippen LogP contribution in [0.15, 0.2) is 30.9 Å². The lowest BCUT2D eigenvalue weighted by Crippen LogP contribution is -2.29. The molecule has 1 fully saturated rings. The van der Waals surface area contributed by atoms with Gasteiger partial charge in [0.25, 0.3) is 0 Å². The fourth-order valence-corrected chi connectivity index (χ4v) is 4.59. The minimum Gasteiger partial charge on any atom is -0.465 e. The number of Topliss-reactive ketones (excluding diaryl/α,β-unsaturated/α-hetero) is 1. The van der Waals surface area contributed by atoms with Crippen LogP contribution in [0.4, 0.5) is 0 Å². The Morgan fingerprint density at radius 3 is 2.81 bits per heavy atom. The molecule has 6 heteroatoms. The molecule has 2 aliphatic rings. The first-order chi connectivity index (χ1) is 15.0. The zero-order chi connectivity index (χ0) is 21.7. The fourth-order valence-electron chi connectivity index (χ4n) is 4.59. The number of ether oxygens (including phenoxy) is 1. The summed E-state index contributed by atoms with van der Waals surface area (Å²) in [4.78, 5) is 29.8. The Bertz CT molecular complexity index is 1370. The van der Waals surface area contributed by atoms with Gasteiger partial charge in [0.2, 0.25) is 0 Å². The van der Waals surface area contributed by atoms with E-state index in [2.05, 4.69) is 34.8 Å². The Morgan fingerprint density at radius 2 is 2.13 bits per heavy atom. The summed E-state index contributed by atoms with van der Waals surface area (Å²) in [5.74, 6) is 1.09. The average Bonchev–Trinajstić information content (AvgIpc) is 3.43. The van der Waals surface area contributed by atoms with Gasteiger partial charge in [-0.15, -0.1) is 0 Å². The molecule has 0 saturated heterocycles. The van der Waals surface area contributed by atoms with Crippen molar-refractivity contribution in [2.45, 2.75) is 39.3 Å². The Balaban J connectivity index is 1.81. The standard InChI is InChI=1S/C25H25N3O3/c1-4-6-16-13-21(28(20(16)5-2)14-15-7-8-15)24-26-19-12-17(25(30)31-3)11-18-22(29)9-10-27(24)23(18)19/h4-6,11-13,15H,1,7-10,14H2,2-3H3/b16-6-,20-5+. The van der Waals surface area contributed by atoms with E-state index in [0.717, 1.165) is 34.1 Å². The van der Waals surface area contributed by atoms with Gasteiger partial charge in [-0.25, -0.2) is 9.78 Å². The second-order valence-electron chi connectivity index (χ2n) is 8.26. The number of nitrogens with zero attached hydrogens (tertiary/aromatic N) is 3. The van der Waals surface area contributed by atoms with Crippen molar-refractivity contribution in [3.05, 3.63) is 52.5 Å². The Hall–Kier alpha value is -3.41. The Kier molecular flexibility index (Phi) is 4.65. The van der Waals surface area contributed by atoms with E-state index in [0.29, 0.717) is 35.5 Å². The molecule has 2 aromatic heterocycles. The van der Waals surface area contributed by atoms with E-state index in [-0.39, 0.29) is 5.78 Å². The van der Waals surface area contributed by atoms with Crippen LogP contribution in [0, 0.1) is 5.92 Å². The molecule has 5 rings (SSSR count). The number of hydrogen-bond acceptors (Lipinski definition) is 4. The van der Waals surface area contributed by atoms with Gasteiger partial charge >= 0.3 is 5.97 Å². The zero-order valence-electron chi connectivity index (χ0n) is 17.9. The summed E-state index contributed by atoms with van der Waals surface area (Å²) in [6.07, 6.45) is 8.84. The highest BCUT2D eigenvalue weighted by molar-refractivity contribution is 6.10. The second kappa shape index (κ2) is 7.38. The number of aromatic nitrogens is 3. The molecule has 3 heterocycles. The summed E-state index contributed by atoms with van der Waals surface area (Å²) in [6.45, 7) is 7.44. The lowest BCUT2D eigenvalue weighted by molar-refractivity contribution is 0.0601. The molecular weight excluding hydrogens is 390 g/mol. The highest BCUT2D eigenvalue weighted by Crippen LogP contribution is 2.34. The molecule has 0 amide bonds. The van der Waals surface area contributed by atoms with Crippen molar-refractivity contribution >= 4 is 34.9 Å². The van der Waals surface area contributed by atoms with Crippen LogP contribution in [-0.2, 0) is 17.8 Å². The van der Waals surface area contributed by atoms with Crippen molar-refractivity contribution in [1.29, 1.82) is 0 Å².